The lowest BCUT2D eigenvalue weighted by molar-refractivity contribution is -0.138. The van der Waals surface area contributed by atoms with E-state index in [4.69, 9.17) is 5.26 Å². The maximum Gasteiger partial charge on any atom is 0.325 e. The lowest BCUT2D eigenvalue weighted by atomic mass is 10.2. The van der Waals surface area contributed by atoms with Crippen LogP contribution in [0, 0.1) is 11.3 Å². The Morgan fingerprint density at radius 2 is 2.57 bits per heavy atom. The summed E-state index contributed by atoms with van der Waals surface area (Å²) in [4.78, 5) is 14.6. The molecule has 0 aliphatic carbocycles. The molecule has 72 valence electrons. The van der Waals surface area contributed by atoms with Gasteiger partial charge in [-0.2, -0.15) is 5.26 Å². The monoisotopic (exact) mass is 191 g/mol. The average molecular weight is 191 g/mol. The average Bonchev–Trinajstić information content (AvgIpc) is 2.26. The molecule has 0 aliphatic rings. The quantitative estimate of drug-likeness (QED) is 0.705. The zero-order chi connectivity index (χ0) is 10.4. The fourth-order valence-electron chi connectivity index (χ4n) is 0.877. The number of carbonyl (C=O) groups is 1. The Hall–Kier alpha value is -2.09. The highest BCUT2D eigenvalue weighted by Crippen LogP contribution is 2.10. The molecule has 0 fully saturated rings. The van der Waals surface area contributed by atoms with Crippen molar-refractivity contribution >= 4 is 11.7 Å². The van der Waals surface area contributed by atoms with E-state index in [1.165, 1.54) is 13.3 Å². The minimum absolute atomic E-state index is 0.0369. The number of nitrogens with one attached hydrogen (secondary N) is 1. The minimum atomic E-state index is -0.384. The smallest absolute Gasteiger partial charge is 0.325 e. The topological polar surface area (TPSA) is 75.0 Å². The van der Waals surface area contributed by atoms with Gasteiger partial charge >= 0.3 is 5.97 Å². The van der Waals surface area contributed by atoms with Crippen molar-refractivity contribution in [2.75, 3.05) is 19.0 Å². The van der Waals surface area contributed by atoms with E-state index >= 15 is 0 Å². The molecule has 0 amide bonds. The third-order valence-electron chi connectivity index (χ3n) is 1.59. The van der Waals surface area contributed by atoms with Crippen LogP contribution in [-0.4, -0.2) is 24.6 Å². The van der Waals surface area contributed by atoms with Gasteiger partial charge in [-0.25, -0.2) is 0 Å². The number of nitriles is 1. The van der Waals surface area contributed by atoms with Gasteiger partial charge in [-0.15, -0.1) is 0 Å². The molecule has 0 aliphatic heterocycles. The van der Waals surface area contributed by atoms with Crippen molar-refractivity contribution in [3.63, 3.8) is 0 Å². The number of anilines is 1. The summed E-state index contributed by atoms with van der Waals surface area (Å²) < 4.78 is 4.45. The highest BCUT2D eigenvalue weighted by molar-refractivity contribution is 5.75. The first-order valence-electron chi connectivity index (χ1n) is 3.92. The van der Waals surface area contributed by atoms with Gasteiger partial charge in [-0.05, 0) is 6.07 Å². The zero-order valence-corrected chi connectivity index (χ0v) is 7.65. The molecule has 0 spiro atoms. The number of ether oxygens (including phenoxy) is 1. The Balaban J connectivity index is 2.68. The second-order valence-electron chi connectivity index (χ2n) is 2.46. The SMILES string of the molecule is COC(=O)CNc1ccncc1C#N. The minimum Gasteiger partial charge on any atom is -0.468 e. The van der Waals surface area contributed by atoms with Crippen LogP contribution in [-0.2, 0) is 9.53 Å². The molecule has 0 unspecified atom stereocenters. The van der Waals surface area contributed by atoms with E-state index in [1.54, 1.807) is 12.3 Å². The Morgan fingerprint density at radius 1 is 1.79 bits per heavy atom. The van der Waals surface area contributed by atoms with Gasteiger partial charge in [-0.3, -0.25) is 9.78 Å². The van der Waals surface area contributed by atoms with E-state index in [1.807, 2.05) is 6.07 Å². The Kier molecular flexibility index (Phi) is 3.44. The van der Waals surface area contributed by atoms with Crippen LogP contribution < -0.4 is 5.32 Å². The highest BCUT2D eigenvalue weighted by Gasteiger charge is 2.03. The third kappa shape index (κ3) is 2.45. The Bertz CT molecular complexity index is 371. The third-order valence-corrected chi connectivity index (χ3v) is 1.59. The van der Waals surface area contributed by atoms with Gasteiger partial charge in [-0.1, -0.05) is 0 Å². The van der Waals surface area contributed by atoms with Crippen LogP contribution in [0.3, 0.4) is 0 Å². The summed E-state index contributed by atoms with van der Waals surface area (Å²) in [7, 11) is 1.31. The molecule has 0 radical (unpaired) electrons. The number of rotatable bonds is 3. The summed E-state index contributed by atoms with van der Waals surface area (Å²) in [6, 6.07) is 3.59. The number of methoxy groups -OCH3 is 1. The number of pyridine rings is 1. The molecule has 0 saturated heterocycles. The van der Waals surface area contributed by atoms with Crippen LogP contribution in [0.15, 0.2) is 18.5 Å². The van der Waals surface area contributed by atoms with Crippen LogP contribution in [0.5, 0.6) is 0 Å². The Labute approximate surface area is 81.3 Å². The molecule has 0 bridgehead atoms. The molecule has 0 aromatic carbocycles. The molecule has 0 atom stereocenters. The number of nitrogens with zero attached hydrogens (tertiary/aromatic N) is 2. The molecule has 0 saturated carbocycles. The number of hydrogen-bond donors (Lipinski definition) is 1. The molecule has 1 aromatic rings. The van der Waals surface area contributed by atoms with Crippen LogP contribution >= 0.6 is 0 Å². The summed E-state index contributed by atoms with van der Waals surface area (Å²) in [5.74, 6) is -0.384. The molecule has 5 nitrogen and oxygen atoms in total. The van der Waals surface area contributed by atoms with Crippen molar-refractivity contribution in [3.8, 4) is 6.07 Å². The molecule has 1 N–H and O–H groups in total. The van der Waals surface area contributed by atoms with E-state index in [0.717, 1.165) is 0 Å². The second-order valence-corrected chi connectivity index (χ2v) is 2.46. The molecule has 1 heterocycles. The van der Waals surface area contributed by atoms with E-state index < -0.39 is 0 Å². The molecule has 5 heteroatoms. The van der Waals surface area contributed by atoms with Gasteiger partial charge < -0.3 is 10.1 Å². The molecule has 14 heavy (non-hydrogen) atoms. The number of aromatic nitrogens is 1. The summed E-state index contributed by atoms with van der Waals surface area (Å²) in [6.07, 6.45) is 2.97. The Morgan fingerprint density at radius 3 is 3.21 bits per heavy atom. The summed E-state index contributed by atoms with van der Waals surface area (Å²) in [6.45, 7) is 0.0369. The van der Waals surface area contributed by atoms with Crippen LogP contribution in [0.4, 0.5) is 5.69 Å². The van der Waals surface area contributed by atoms with Crippen molar-refractivity contribution in [3.05, 3.63) is 24.0 Å². The molecule has 1 aromatic heterocycles. The van der Waals surface area contributed by atoms with Crippen molar-refractivity contribution in [2.45, 2.75) is 0 Å². The van der Waals surface area contributed by atoms with E-state index in [-0.39, 0.29) is 12.5 Å². The second kappa shape index (κ2) is 4.82. The number of esters is 1. The first kappa shape index (κ1) is 9.99. The van der Waals surface area contributed by atoms with E-state index in [9.17, 15) is 4.79 Å². The predicted octanol–water partition coefficient (Wildman–Crippen LogP) is 0.538. The maximum absolute atomic E-state index is 10.8. The fraction of sp³-hybridized carbons (Fsp3) is 0.222. The van der Waals surface area contributed by atoms with E-state index in [0.29, 0.717) is 11.3 Å². The summed E-state index contributed by atoms with van der Waals surface area (Å²) >= 11 is 0. The molecule has 1 rings (SSSR count). The number of carbonyl (C=O) groups excluding carboxylic acids is 1. The fourth-order valence-corrected chi connectivity index (χ4v) is 0.877. The first-order chi connectivity index (χ1) is 6.77. The van der Waals surface area contributed by atoms with Crippen LogP contribution in [0.25, 0.3) is 0 Å². The van der Waals surface area contributed by atoms with Gasteiger partial charge in [0.1, 0.15) is 12.6 Å². The first-order valence-corrected chi connectivity index (χ1v) is 3.92. The largest absolute Gasteiger partial charge is 0.468 e. The number of hydrogen-bond acceptors (Lipinski definition) is 5. The normalized spacial score (nSPS) is 8.86. The highest BCUT2D eigenvalue weighted by atomic mass is 16.5. The molecular weight excluding hydrogens is 182 g/mol. The summed E-state index contributed by atoms with van der Waals surface area (Å²) in [5.41, 5.74) is 0.976. The predicted molar refractivity (Wildman–Crippen MR) is 49.5 cm³/mol. The standard InChI is InChI=1S/C9H9N3O2/c1-14-9(13)6-12-8-2-3-11-5-7(8)4-10/h2-3,5H,6H2,1H3,(H,11,12). The van der Waals surface area contributed by atoms with Crippen molar-refractivity contribution in [2.24, 2.45) is 0 Å². The van der Waals surface area contributed by atoms with E-state index in [2.05, 4.69) is 15.0 Å². The van der Waals surface area contributed by atoms with Crippen molar-refractivity contribution in [1.82, 2.24) is 4.98 Å². The van der Waals surface area contributed by atoms with Gasteiger partial charge in [0.15, 0.2) is 0 Å². The summed E-state index contributed by atoms with van der Waals surface area (Å²) in [5, 5.41) is 11.5. The van der Waals surface area contributed by atoms with Gasteiger partial charge in [0.25, 0.3) is 0 Å². The van der Waals surface area contributed by atoms with Gasteiger partial charge in [0.05, 0.1) is 18.4 Å². The van der Waals surface area contributed by atoms with Crippen LogP contribution in [0.1, 0.15) is 5.56 Å². The van der Waals surface area contributed by atoms with Gasteiger partial charge in [0, 0.05) is 12.4 Å². The van der Waals surface area contributed by atoms with Crippen LogP contribution in [0.2, 0.25) is 0 Å². The zero-order valence-electron chi connectivity index (χ0n) is 7.65. The van der Waals surface area contributed by atoms with Crippen molar-refractivity contribution in [1.29, 1.82) is 5.26 Å². The maximum atomic E-state index is 10.8. The lowest BCUT2D eigenvalue weighted by Crippen LogP contribution is -2.15. The van der Waals surface area contributed by atoms with Crippen molar-refractivity contribution < 1.29 is 9.53 Å². The van der Waals surface area contributed by atoms with Gasteiger partial charge in [0.2, 0.25) is 0 Å². The lowest BCUT2D eigenvalue weighted by Gasteiger charge is -2.05. The molecular formula is C9H9N3O2.